The van der Waals surface area contributed by atoms with Gasteiger partial charge in [-0.3, -0.25) is 9.78 Å². The number of aromatic nitrogens is 1. The van der Waals surface area contributed by atoms with Gasteiger partial charge in [0.15, 0.2) is 0 Å². The van der Waals surface area contributed by atoms with Crippen molar-refractivity contribution in [2.24, 2.45) is 0 Å². The smallest absolute Gasteiger partial charge is 0.338 e. The summed E-state index contributed by atoms with van der Waals surface area (Å²) in [6.07, 6.45) is 3.15. The zero-order chi connectivity index (χ0) is 19.1. The fourth-order valence-corrected chi connectivity index (χ4v) is 2.61. The highest BCUT2D eigenvalue weighted by Gasteiger charge is 2.18. The van der Waals surface area contributed by atoms with Crippen LogP contribution >= 0.6 is 0 Å². The maximum Gasteiger partial charge on any atom is 0.338 e. The van der Waals surface area contributed by atoms with E-state index in [1.807, 2.05) is 49.4 Å². The van der Waals surface area contributed by atoms with Gasteiger partial charge in [0, 0.05) is 23.6 Å². The molecule has 5 nitrogen and oxygen atoms in total. The van der Waals surface area contributed by atoms with Crippen LogP contribution < -0.4 is 4.90 Å². The van der Waals surface area contributed by atoms with E-state index in [0.717, 1.165) is 11.3 Å². The zero-order valence-electron chi connectivity index (χ0n) is 15.0. The Labute approximate surface area is 158 Å². The molecule has 0 N–H and O–H groups in total. The predicted octanol–water partition coefficient (Wildman–Crippen LogP) is 3.89. The maximum atomic E-state index is 12.9. The average molecular weight is 360 g/mol. The van der Waals surface area contributed by atoms with Gasteiger partial charge in [0.05, 0.1) is 12.1 Å². The van der Waals surface area contributed by atoms with Crippen LogP contribution in [0.15, 0.2) is 79.1 Å². The highest BCUT2D eigenvalue weighted by atomic mass is 16.5. The summed E-state index contributed by atoms with van der Waals surface area (Å²) in [5.74, 6) is -0.575. The van der Waals surface area contributed by atoms with Gasteiger partial charge in [0.25, 0.3) is 5.91 Å². The number of esters is 1. The molecule has 3 aromatic rings. The molecular formula is C22H20N2O3. The van der Waals surface area contributed by atoms with E-state index >= 15 is 0 Å². The second-order valence-electron chi connectivity index (χ2n) is 6.03. The largest absolute Gasteiger partial charge is 0.460 e. The van der Waals surface area contributed by atoms with E-state index in [2.05, 4.69) is 4.98 Å². The van der Waals surface area contributed by atoms with E-state index < -0.39 is 5.97 Å². The normalized spacial score (nSPS) is 10.3. The van der Waals surface area contributed by atoms with Crippen molar-refractivity contribution in [2.75, 3.05) is 18.1 Å². The van der Waals surface area contributed by atoms with Gasteiger partial charge in [-0.15, -0.1) is 0 Å². The zero-order valence-corrected chi connectivity index (χ0v) is 15.0. The highest BCUT2D eigenvalue weighted by molar-refractivity contribution is 6.06. The van der Waals surface area contributed by atoms with Crippen molar-refractivity contribution in [3.05, 3.63) is 95.8 Å². The Kier molecular flexibility index (Phi) is 5.94. The first kappa shape index (κ1) is 18.3. The van der Waals surface area contributed by atoms with Gasteiger partial charge < -0.3 is 9.64 Å². The van der Waals surface area contributed by atoms with E-state index in [1.165, 1.54) is 0 Å². The number of carbonyl (C=O) groups is 2. The molecule has 5 heteroatoms. The van der Waals surface area contributed by atoms with E-state index in [-0.39, 0.29) is 19.1 Å². The summed E-state index contributed by atoms with van der Waals surface area (Å²) in [5.41, 5.74) is 2.83. The number of carbonyl (C=O) groups excluding carboxylic acids is 2. The lowest BCUT2D eigenvalue weighted by Gasteiger charge is -2.22. The Balaban J connectivity index is 1.69. The molecule has 1 aromatic heterocycles. The molecule has 136 valence electrons. The topological polar surface area (TPSA) is 59.5 Å². The third-order valence-electron chi connectivity index (χ3n) is 4.08. The van der Waals surface area contributed by atoms with E-state index in [4.69, 9.17) is 4.74 Å². The van der Waals surface area contributed by atoms with Crippen LogP contribution in [0.3, 0.4) is 0 Å². The van der Waals surface area contributed by atoms with E-state index in [0.29, 0.717) is 11.1 Å². The number of anilines is 1. The third kappa shape index (κ3) is 4.79. The van der Waals surface area contributed by atoms with Crippen molar-refractivity contribution in [3.63, 3.8) is 0 Å². The molecule has 0 aliphatic rings. The van der Waals surface area contributed by atoms with Crippen molar-refractivity contribution >= 4 is 17.6 Å². The quantitative estimate of drug-likeness (QED) is 0.626. The maximum absolute atomic E-state index is 12.9. The number of para-hydroxylation sites is 1. The number of nitrogens with zero attached hydrogens (tertiary/aromatic N) is 2. The van der Waals surface area contributed by atoms with Crippen molar-refractivity contribution in [2.45, 2.75) is 6.92 Å². The predicted molar refractivity (Wildman–Crippen MR) is 104 cm³/mol. The Morgan fingerprint density at radius 2 is 1.56 bits per heavy atom. The van der Waals surface area contributed by atoms with E-state index in [9.17, 15) is 9.59 Å². The molecule has 0 fully saturated rings. The van der Waals surface area contributed by atoms with Gasteiger partial charge in [-0.25, -0.2) is 4.79 Å². The monoisotopic (exact) mass is 360 g/mol. The lowest BCUT2D eigenvalue weighted by atomic mass is 10.1. The number of hydrogen-bond donors (Lipinski definition) is 0. The number of benzene rings is 2. The van der Waals surface area contributed by atoms with Gasteiger partial charge in [-0.05, 0) is 43.3 Å². The Hall–Kier alpha value is -3.47. The Morgan fingerprint density at radius 1 is 0.889 bits per heavy atom. The van der Waals surface area contributed by atoms with Crippen LogP contribution in [0, 0.1) is 6.92 Å². The third-order valence-corrected chi connectivity index (χ3v) is 4.08. The van der Waals surface area contributed by atoms with Crippen LogP contribution in [0.1, 0.15) is 26.3 Å². The fraction of sp³-hybridized carbons (Fsp3) is 0.136. The number of amides is 1. The minimum Gasteiger partial charge on any atom is -0.460 e. The van der Waals surface area contributed by atoms with Crippen LogP contribution in [0.2, 0.25) is 0 Å². The minimum absolute atomic E-state index is 0.0957. The number of pyridine rings is 1. The van der Waals surface area contributed by atoms with Crippen LogP contribution in [0.25, 0.3) is 0 Å². The molecule has 0 spiro atoms. The molecule has 1 heterocycles. The molecule has 27 heavy (non-hydrogen) atoms. The lowest BCUT2D eigenvalue weighted by molar-refractivity contribution is 0.0511. The molecule has 0 aliphatic heterocycles. The first-order valence-corrected chi connectivity index (χ1v) is 8.66. The molecule has 3 rings (SSSR count). The summed E-state index contributed by atoms with van der Waals surface area (Å²) in [6, 6.07) is 19.8. The van der Waals surface area contributed by atoms with Gasteiger partial charge in [0.1, 0.15) is 6.61 Å². The van der Waals surface area contributed by atoms with Crippen molar-refractivity contribution in [3.8, 4) is 0 Å². The van der Waals surface area contributed by atoms with Gasteiger partial charge >= 0.3 is 5.97 Å². The highest BCUT2D eigenvalue weighted by Crippen LogP contribution is 2.16. The summed E-state index contributed by atoms with van der Waals surface area (Å²) < 4.78 is 5.36. The van der Waals surface area contributed by atoms with Gasteiger partial charge in [0.2, 0.25) is 0 Å². The number of hydrogen-bond acceptors (Lipinski definition) is 4. The second-order valence-corrected chi connectivity index (χ2v) is 6.03. The molecule has 0 aliphatic carbocycles. The van der Waals surface area contributed by atoms with Crippen molar-refractivity contribution in [1.82, 2.24) is 4.98 Å². The lowest BCUT2D eigenvalue weighted by Crippen LogP contribution is -2.34. The molecule has 0 bridgehead atoms. The summed E-state index contributed by atoms with van der Waals surface area (Å²) in [6.45, 7) is 2.30. The minimum atomic E-state index is -0.403. The van der Waals surface area contributed by atoms with Crippen LogP contribution in [0.5, 0.6) is 0 Å². The molecule has 2 aromatic carbocycles. The summed E-state index contributed by atoms with van der Waals surface area (Å²) in [4.78, 5) is 30.6. The Bertz CT molecular complexity index is 894. The van der Waals surface area contributed by atoms with Crippen LogP contribution in [0.4, 0.5) is 5.69 Å². The van der Waals surface area contributed by atoms with Crippen molar-refractivity contribution in [1.29, 1.82) is 0 Å². The molecule has 0 radical (unpaired) electrons. The molecule has 1 amide bonds. The van der Waals surface area contributed by atoms with E-state index in [1.54, 1.807) is 41.6 Å². The van der Waals surface area contributed by atoms with Crippen LogP contribution in [-0.2, 0) is 4.74 Å². The SMILES string of the molecule is Cc1ccc(C(=O)OCCN(C(=O)c2ccncc2)c2ccccc2)cc1. The standard InChI is InChI=1S/C22H20N2O3/c1-17-7-9-19(10-8-17)22(26)27-16-15-24(20-5-3-2-4-6-20)21(25)18-11-13-23-14-12-18/h2-14H,15-16H2,1H3. The number of ether oxygens (including phenoxy) is 1. The summed E-state index contributed by atoms with van der Waals surface area (Å²) in [7, 11) is 0. The molecule has 0 saturated heterocycles. The van der Waals surface area contributed by atoms with Gasteiger partial charge in [-0.2, -0.15) is 0 Å². The van der Waals surface area contributed by atoms with Crippen molar-refractivity contribution < 1.29 is 14.3 Å². The summed E-state index contributed by atoms with van der Waals surface area (Å²) >= 11 is 0. The number of rotatable bonds is 6. The average Bonchev–Trinajstić information content (AvgIpc) is 2.72. The molecular weight excluding hydrogens is 340 g/mol. The number of aryl methyl sites for hydroxylation is 1. The fourth-order valence-electron chi connectivity index (χ4n) is 2.61. The molecule has 0 unspecified atom stereocenters. The first-order chi connectivity index (χ1) is 13.1. The summed E-state index contributed by atoms with van der Waals surface area (Å²) in [5, 5.41) is 0. The second kappa shape index (κ2) is 8.76. The molecule has 0 atom stereocenters. The van der Waals surface area contributed by atoms with Crippen LogP contribution in [-0.4, -0.2) is 30.0 Å². The Morgan fingerprint density at radius 3 is 2.22 bits per heavy atom. The molecule has 0 saturated carbocycles. The van der Waals surface area contributed by atoms with Gasteiger partial charge in [-0.1, -0.05) is 35.9 Å². The first-order valence-electron chi connectivity index (χ1n) is 8.66.